The van der Waals surface area contributed by atoms with Crippen LogP contribution in [0.25, 0.3) is 0 Å². The lowest BCUT2D eigenvalue weighted by molar-refractivity contribution is -0.121. The minimum atomic E-state index is 0.155. The van der Waals surface area contributed by atoms with Crippen LogP contribution in [-0.4, -0.2) is 26.0 Å². The number of halogens is 1. The summed E-state index contributed by atoms with van der Waals surface area (Å²) in [5.74, 6) is 0.155. The van der Waals surface area contributed by atoms with Crippen molar-refractivity contribution >= 4 is 21.8 Å². The Morgan fingerprint density at radius 2 is 2.16 bits per heavy atom. The molecule has 104 valence electrons. The van der Waals surface area contributed by atoms with Gasteiger partial charge in [-0.2, -0.15) is 0 Å². The molecule has 0 spiro atoms. The van der Waals surface area contributed by atoms with Crippen molar-refractivity contribution in [1.29, 1.82) is 0 Å². The lowest BCUT2D eigenvalue weighted by atomic mass is 10.1. The number of rotatable bonds is 7. The van der Waals surface area contributed by atoms with Gasteiger partial charge in [-0.05, 0) is 44.0 Å². The second kappa shape index (κ2) is 6.53. The highest BCUT2D eigenvalue weighted by molar-refractivity contribution is 9.10. The van der Waals surface area contributed by atoms with Gasteiger partial charge in [-0.3, -0.25) is 4.79 Å². The van der Waals surface area contributed by atoms with Crippen LogP contribution in [0.15, 0.2) is 28.7 Å². The Kier molecular flexibility index (Phi) is 4.99. The number of hydrogen-bond acceptors (Lipinski definition) is 2. The van der Waals surface area contributed by atoms with E-state index in [0.717, 1.165) is 24.0 Å². The molecule has 19 heavy (non-hydrogen) atoms. The normalized spacial score (nSPS) is 16.1. The zero-order valence-electron chi connectivity index (χ0n) is 11.3. The highest BCUT2D eigenvalue weighted by Gasteiger charge is 2.41. The molecule has 0 aromatic heterocycles. The summed E-state index contributed by atoms with van der Waals surface area (Å²) in [6, 6.07) is 8.12. The standard InChI is InChI=1S/C15H21BrN2O/c1-17-10-15(7-8-15)11-18-14(19)6-5-12-3-2-4-13(16)9-12/h2-4,9,17H,5-8,10-11H2,1H3,(H,18,19). The fraction of sp³-hybridized carbons (Fsp3) is 0.533. The molecule has 0 atom stereocenters. The predicted octanol–water partition coefficient (Wildman–Crippen LogP) is 2.50. The predicted molar refractivity (Wildman–Crippen MR) is 81.1 cm³/mol. The van der Waals surface area contributed by atoms with Crippen LogP contribution in [0.2, 0.25) is 0 Å². The van der Waals surface area contributed by atoms with Crippen molar-refractivity contribution in [3.8, 4) is 0 Å². The minimum absolute atomic E-state index is 0.155. The highest BCUT2D eigenvalue weighted by Crippen LogP contribution is 2.44. The number of benzene rings is 1. The Bertz CT molecular complexity index is 444. The second-order valence-electron chi connectivity index (χ2n) is 5.44. The summed E-state index contributed by atoms with van der Waals surface area (Å²) < 4.78 is 1.07. The van der Waals surface area contributed by atoms with Gasteiger partial charge in [0.1, 0.15) is 0 Å². The van der Waals surface area contributed by atoms with Gasteiger partial charge in [0.25, 0.3) is 0 Å². The van der Waals surface area contributed by atoms with E-state index in [4.69, 9.17) is 0 Å². The largest absolute Gasteiger partial charge is 0.355 e. The van der Waals surface area contributed by atoms with Crippen LogP contribution < -0.4 is 10.6 Å². The molecule has 1 saturated carbocycles. The summed E-state index contributed by atoms with van der Waals surface area (Å²) in [6.07, 6.45) is 3.80. The van der Waals surface area contributed by atoms with E-state index < -0.39 is 0 Å². The second-order valence-corrected chi connectivity index (χ2v) is 6.35. The van der Waals surface area contributed by atoms with Gasteiger partial charge in [0.05, 0.1) is 0 Å². The van der Waals surface area contributed by atoms with Gasteiger partial charge in [-0.1, -0.05) is 28.1 Å². The van der Waals surface area contributed by atoms with Gasteiger partial charge < -0.3 is 10.6 Å². The molecule has 1 aromatic carbocycles. The first-order valence-electron chi connectivity index (χ1n) is 6.79. The van der Waals surface area contributed by atoms with Gasteiger partial charge in [0.2, 0.25) is 5.91 Å². The van der Waals surface area contributed by atoms with Crippen molar-refractivity contribution in [1.82, 2.24) is 10.6 Å². The molecule has 0 bridgehead atoms. The van der Waals surface area contributed by atoms with Gasteiger partial charge in [-0.25, -0.2) is 0 Å². The average molecular weight is 325 g/mol. The average Bonchev–Trinajstić information content (AvgIpc) is 3.15. The summed E-state index contributed by atoms with van der Waals surface area (Å²) in [4.78, 5) is 11.8. The molecule has 2 N–H and O–H groups in total. The Hall–Kier alpha value is -0.870. The van der Waals surface area contributed by atoms with Crippen LogP contribution in [0.4, 0.5) is 0 Å². The Morgan fingerprint density at radius 3 is 2.79 bits per heavy atom. The molecule has 0 radical (unpaired) electrons. The van der Waals surface area contributed by atoms with E-state index in [1.807, 2.05) is 19.2 Å². The molecule has 3 nitrogen and oxygen atoms in total. The molecule has 0 unspecified atom stereocenters. The number of carbonyl (C=O) groups excluding carboxylic acids is 1. The van der Waals surface area contributed by atoms with Crippen molar-refractivity contribution in [2.75, 3.05) is 20.1 Å². The van der Waals surface area contributed by atoms with Gasteiger partial charge in [0, 0.05) is 29.4 Å². The Balaban J connectivity index is 1.70. The van der Waals surface area contributed by atoms with E-state index in [-0.39, 0.29) is 5.91 Å². The summed E-state index contributed by atoms with van der Waals surface area (Å²) in [6.45, 7) is 1.81. The molecule has 0 heterocycles. The van der Waals surface area contributed by atoms with Crippen LogP contribution in [0.3, 0.4) is 0 Å². The summed E-state index contributed by atoms with van der Waals surface area (Å²) in [7, 11) is 1.97. The first-order chi connectivity index (χ1) is 9.13. The molecule has 1 aliphatic carbocycles. The smallest absolute Gasteiger partial charge is 0.220 e. The third-order valence-electron chi connectivity index (χ3n) is 3.70. The molecule has 2 rings (SSSR count). The SMILES string of the molecule is CNCC1(CNC(=O)CCc2cccc(Br)c2)CC1. The lowest BCUT2D eigenvalue weighted by Gasteiger charge is -2.15. The van der Waals surface area contributed by atoms with Crippen LogP contribution in [0.1, 0.15) is 24.8 Å². The van der Waals surface area contributed by atoms with Crippen molar-refractivity contribution in [2.24, 2.45) is 5.41 Å². The van der Waals surface area contributed by atoms with Crippen LogP contribution >= 0.6 is 15.9 Å². The fourth-order valence-corrected chi connectivity index (χ4v) is 2.74. The first kappa shape index (κ1) is 14.5. The highest BCUT2D eigenvalue weighted by atomic mass is 79.9. The lowest BCUT2D eigenvalue weighted by Crippen LogP contribution is -2.34. The van der Waals surface area contributed by atoms with Crippen molar-refractivity contribution in [3.63, 3.8) is 0 Å². The summed E-state index contributed by atoms with van der Waals surface area (Å²) in [5, 5.41) is 6.27. The van der Waals surface area contributed by atoms with Crippen molar-refractivity contribution in [2.45, 2.75) is 25.7 Å². The number of hydrogen-bond donors (Lipinski definition) is 2. The Morgan fingerprint density at radius 1 is 1.37 bits per heavy atom. The zero-order valence-corrected chi connectivity index (χ0v) is 12.9. The number of carbonyl (C=O) groups is 1. The van der Waals surface area contributed by atoms with Gasteiger partial charge >= 0.3 is 0 Å². The van der Waals surface area contributed by atoms with E-state index in [0.29, 0.717) is 11.8 Å². The van der Waals surface area contributed by atoms with Gasteiger partial charge in [-0.15, -0.1) is 0 Å². The zero-order chi connectivity index (χ0) is 13.7. The third kappa shape index (κ3) is 4.62. The molecule has 1 fully saturated rings. The quantitative estimate of drug-likeness (QED) is 0.809. The van der Waals surface area contributed by atoms with E-state index >= 15 is 0 Å². The molecule has 4 heteroatoms. The maximum Gasteiger partial charge on any atom is 0.220 e. The van der Waals surface area contributed by atoms with Crippen molar-refractivity contribution < 1.29 is 4.79 Å². The fourth-order valence-electron chi connectivity index (χ4n) is 2.29. The molecule has 0 aliphatic heterocycles. The van der Waals surface area contributed by atoms with E-state index in [1.54, 1.807) is 0 Å². The van der Waals surface area contributed by atoms with Crippen molar-refractivity contribution in [3.05, 3.63) is 34.3 Å². The minimum Gasteiger partial charge on any atom is -0.355 e. The maximum atomic E-state index is 11.8. The van der Waals surface area contributed by atoms with E-state index in [2.05, 4.69) is 38.7 Å². The number of nitrogens with one attached hydrogen (secondary N) is 2. The number of amides is 1. The van der Waals surface area contributed by atoms with E-state index in [1.165, 1.54) is 18.4 Å². The van der Waals surface area contributed by atoms with Crippen LogP contribution in [0.5, 0.6) is 0 Å². The Labute approximate surface area is 123 Å². The van der Waals surface area contributed by atoms with Crippen LogP contribution in [-0.2, 0) is 11.2 Å². The summed E-state index contributed by atoms with van der Waals surface area (Å²) >= 11 is 3.44. The molecule has 0 saturated heterocycles. The molecule has 1 amide bonds. The number of aryl methyl sites for hydroxylation is 1. The monoisotopic (exact) mass is 324 g/mol. The first-order valence-corrected chi connectivity index (χ1v) is 7.59. The molecule has 1 aromatic rings. The topological polar surface area (TPSA) is 41.1 Å². The molecular formula is C15H21BrN2O. The molecular weight excluding hydrogens is 304 g/mol. The maximum absolute atomic E-state index is 11.8. The molecule has 1 aliphatic rings. The summed E-state index contributed by atoms with van der Waals surface area (Å²) in [5.41, 5.74) is 1.53. The van der Waals surface area contributed by atoms with E-state index in [9.17, 15) is 4.79 Å². The van der Waals surface area contributed by atoms with Gasteiger partial charge in [0.15, 0.2) is 0 Å². The van der Waals surface area contributed by atoms with Crippen LogP contribution in [0, 0.1) is 5.41 Å². The third-order valence-corrected chi connectivity index (χ3v) is 4.19.